The lowest BCUT2D eigenvalue weighted by atomic mass is 10.1. The minimum absolute atomic E-state index is 0.0597. The van der Waals surface area contributed by atoms with Crippen molar-refractivity contribution in [1.29, 1.82) is 0 Å². The van der Waals surface area contributed by atoms with E-state index in [1.807, 2.05) is 6.92 Å². The van der Waals surface area contributed by atoms with Crippen molar-refractivity contribution in [1.82, 2.24) is 0 Å². The van der Waals surface area contributed by atoms with Gasteiger partial charge in [0.05, 0.1) is 18.1 Å². The average Bonchev–Trinajstić information content (AvgIpc) is 2.84. The van der Waals surface area contributed by atoms with Gasteiger partial charge in [0.25, 0.3) is 0 Å². The molecule has 0 bridgehead atoms. The summed E-state index contributed by atoms with van der Waals surface area (Å²) in [4.78, 5) is 11.8. The molecule has 0 amide bonds. The molecule has 0 aromatic carbocycles. The third-order valence-corrected chi connectivity index (χ3v) is 2.28. The summed E-state index contributed by atoms with van der Waals surface area (Å²) in [5.41, 5.74) is 1.48. The fourth-order valence-corrected chi connectivity index (χ4v) is 1.51. The van der Waals surface area contributed by atoms with Crippen LogP contribution in [-0.4, -0.2) is 5.78 Å². The van der Waals surface area contributed by atoms with Crippen LogP contribution in [0.25, 0.3) is 6.08 Å². The largest absolute Gasteiger partial charge is 0.472 e. The van der Waals surface area contributed by atoms with Crippen LogP contribution in [0.3, 0.4) is 0 Å². The van der Waals surface area contributed by atoms with Crippen molar-refractivity contribution in [2.75, 3.05) is 0 Å². The maximum Gasteiger partial charge on any atom is 0.189 e. The number of ketones is 1. The molecule has 0 spiro atoms. The molecule has 0 unspecified atom stereocenters. The Morgan fingerprint density at radius 2 is 2.19 bits per heavy atom. The number of allylic oxidation sites excluding steroid dienone is 1. The first kappa shape index (κ1) is 10.5. The van der Waals surface area contributed by atoms with E-state index in [0.29, 0.717) is 11.3 Å². The second kappa shape index (κ2) is 4.23. The van der Waals surface area contributed by atoms with Crippen LogP contribution in [0.2, 0.25) is 0 Å². The van der Waals surface area contributed by atoms with Gasteiger partial charge in [-0.25, -0.2) is 0 Å². The second-order valence-corrected chi connectivity index (χ2v) is 3.58. The number of carbonyl (C=O) groups excluding carboxylic acids is 1. The highest BCUT2D eigenvalue weighted by Crippen LogP contribution is 2.15. The van der Waals surface area contributed by atoms with Crippen LogP contribution in [0.4, 0.5) is 0 Å². The summed E-state index contributed by atoms with van der Waals surface area (Å²) in [6, 6.07) is 3.54. The van der Waals surface area contributed by atoms with Gasteiger partial charge in [0.2, 0.25) is 0 Å². The fraction of sp³-hybridized carbons (Fsp3) is 0.154. The Bertz CT molecular complexity index is 515. The SMILES string of the molecule is Cc1cc(C(=O)/C=C/c2ccoc2)c(C)o1. The van der Waals surface area contributed by atoms with Gasteiger partial charge < -0.3 is 8.83 Å². The predicted octanol–water partition coefficient (Wildman–Crippen LogP) is 3.39. The van der Waals surface area contributed by atoms with Crippen molar-refractivity contribution < 1.29 is 13.6 Å². The molecular weight excluding hydrogens is 204 g/mol. The molecule has 0 saturated heterocycles. The van der Waals surface area contributed by atoms with E-state index in [9.17, 15) is 4.79 Å². The molecule has 0 aliphatic carbocycles. The molecule has 0 aliphatic rings. The van der Waals surface area contributed by atoms with Crippen molar-refractivity contribution in [2.45, 2.75) is 13.8 Å². The van der Waals surface area contributed by atoms with E-state index in [2.05, 4.69) is 0 Å². The maximum absolute atomic E-state index is 11.8. The van der Waals surface area contributed by atoms with Gasteiger partial charge in [0.15, 0.2) is 5.78 Å². The minimum Gasteiger partial charge on any atom is -0.472 e. The van der Waals surface area contributed by atoms with Crippen LogP contribution < -0.4 is 0 Å². The van der Waals surface area contributed by atoms with Crippen LogP contribution in [-0.2, 0) is 0 Å². The highest BCUT2D eigenvalue weighted by atomic mass is 16.3. The Morgan fingerprint density at radius 3 is 2.75 bits per heavy atom. The van der Waals surface area contributed by atoms with Crippen LogP contribution in [0.5, 0.6) is 0 Å². The summed E-state index contributed by atoms with van der Waals surface area (Å²) in [6.45, 7) is 3.61. The second-order valence-electron chi connectivity index (χ2n) is 3.58. The van der Waals surface area contributed by atoms with Gasteiger partial charge in [-0.15, -0.1) is 0 Å². The topological polar surface area (TPSA) is 43.4 Å². The number of carbonyl (C=O) groups is 1. The Kier molecular flexibility index (Phi) is 2.77. The molecule has 2 aromatic rings. The van der Waals surface area contributed by atoms with Gasteiger partial charge in [-0.05, 0) is 38.1 Å². The molecular formula is C13H12O3. The first-order valence-electron chi connectivity index (χ1n) is 4.98. The molecule has 3 nitrogen and oxygen atoms in total. The third-order valence-electron chi connectivity index (χ3n) is 2.28. The van der Waals surface area contributed by atoms with Crippen LogP contribution >= 0.6 is 0 Å². The van der Waals surface area contributed by atoms with Crippen LogP contribution in [0.15, 0.2) is 39.6 Å². The number of hydrogen-bond donors (Lipinski definition) is 0. The van der Waals surface area contributed by atoms with Crippen molar-refractivity contribution >= 4 is 11.9 Å². The van der Waals surface area contributed by atoms with E-state index in [1.165, 1.54) is 6.08 Å². The fourth-order valence-electron chi connectivity index (χ4n) is 1.51. The first-order valence-corrected chi connectivity index (χ1v) is 4.98. The average molecular weight is 216 g/mol. The third kappa shape index (κ3) is 2.14. The molecule has 2 rings (SSSR count). The molecule has 0 fully saturated rings. The first-order chi connectivity index (χ1) is 7.66. The number of hydrogen-bond acceptors (Lipinski definition) is 3. The zero-order chi connectivity index (χ0) is 11.5. The van der Waals surface area contributed by atoms with Crippen LogP contribution in [0.1, 0.15) is 27.4 Å². The maximum atomic E-state index is 11.8. The Balaban J connectivity index is 2.17. The van der Waals surface area contributed by atoms with Gasteiger partial charge in [-0.2, -0.15) is 0 Å². The molecule has 2 heterocycles. The summed E-state index contributed by atoms with van der Waals surface area (Å²) in [7, 11) is 0. The van der Waals surface area contributed by atoms with E-state index in [0.717, 1.165) is 11.3 Å². The standard InChI is InChI=1S/C13H12O3/c1-9-7-12(10(2)16-9)13(14)4-3-11-5-6-15-8-11/h3-8H,1-2H3/b4-3+. The zero-order valence-electron chi connectivity index (χ0n) is 9.19. The van der Waals surface area contributed by atoms with E-state index >= 15 is 0 Å². The monoisotopic (exact) mass is 216 g/mol. The molecule has 0 atom stereocenters. The Hall–Kier alpha value is -2.03. The normalized spacial score (nSPS) is 11.1. The van der Waals surface area contributed by atoms with Crippen LogP contribution in [0, 0.1) is 13.8 Å². The predicted molar refractivity (Wildman–Crippen MR) is 60.3 cm³/mol. The minimum atomic E-state index is -0.0597. The van der Waals surface area contributed by atoms with E-state index in [4.69, 9.17) is 8.83 Å². The smallest absolute Gasteiger partial charge is 0.189 e. The van der Waals surface area contributed by atoms with Crippen molar-refractivity contribution in [3.63, 3.8) is 0 Å². The molecule has 82 valence electrons. The molecule has 0 saturated carbocycles. The highest BCUT2D eigenvalue weighted by Gasteiger charge is 2.10. The molecule has 3 heteroatoms. The summed E-state index contributed by atoms with van der Waals surface area (Å²) in [5.74, 6) is 1.34. The highest BCUT2D eigenvalue weighted by molar-refractivity contribution is 6.07. The summed E-state index contributed by atoms with van der Waals surface area (Å²) in [5, 5.41) is 0. The van der Waals surface area contributed by atoms with Crippen molar-refractivity contribution in [3.8, 4) is 0 Å². The molecule has 2 aromatic heterocycles. The summed E-state index contributed by atoms with van der Waals surface area (Å²) < 4.78 is 10.2. The molecule has 0 radical (unpaired) electrons. The van der Waals surface area contributed by atoms with Gasteiger partial charge in [0.1, 0.15) is 11.5 Å². The van der Waals surface area contributed by atoms with E-state index in [1.54, 1.807) is 37.7 Å². The van der Waals surface area contributed by atoms with E-state index in [-0.39, 0.29) is 5.78 Å². The summed E-state index contributed by atoms with van der Waals surface area (Å²) >= 11 is 0. The van der Waals surface area contributed by atoms with E-state index < -0.39 is 0 Å². The van der Waals surface area contributed by atoms with Gasteiger partial charge in [-0.1, -0.05) is 0 Å². The van der Waals surface area contributed by atoms with Gasteiger partial charge >= 0.3 is 0 Å². The number of furan rings is 2. The van der Waals surface area contributed by atoms with Crippen molar-refractivity contribution in [2.24, 2.45) is 0 Å². The van der Waals surface area contributed by atoms with Gasteiger partial charge in [-0.3, -0.25) is 4.79 Å². The van der Waals surface area contributed by atoms with Crippen molar-refractivity contribution in [3.05, 3.63) is 53.4 Å². The quantitative estimate of drug-likeness (QED) is 0.583. The van der Waals surface area contributed by atoms with Gasteiger partial charge in [0, 0.05) is 5.56 Å². The molecule has 0 aliphatic heterocycles. The number of rotatable bonds is 3. The zero-order valence-corrected chi connectivity index (χ0v) is 9.19. The Labute approximate surface area is 93.4 Å². The molecule has 16 heavy (non-hydrogen) atoms. The lowest BCUT2D eigenvalue weighted by Crippen LogP contribution is -1.93. The lowest BCUT2D eigenvalue weighted by molar-refractivity contribution is 0.104. The molecule has 0 N–H and O–H groups in total. The number of aryl methyl sites for hydroxylation is 2. The summed E-state index contributed by atoms with van der Waals surface area (Å²) in [6.07, 6.45) is 6.38. The Morgan fingerprint density at radius 1 is 1.38 bits per heavy atom. The lowest BCUT2D eigenvalue weighted by Gasteiger charge is -1.90.